The molecule has 2 rings (SSSR count). The van der Waals surface area contributed by atoms with E-state index in [1.807, 2.05) is 30.6 Å². The average Bonchev–Trinajstić information content (AvgIpc) is 2.55. The minimum Gasteiger partial charge on any atom is -0.302 e. The molecule has 2 aromatic rings. The topological polar surface area (TPSA) is 30.2 Å². The van der Waals surface area contributed by atoms with Crippen LogP contribution in [-0.2, 0) is 0 Å². The van der Waals surface area contributed by atoms with E-state index in [0.29, 0.717) is 0 Å². The summed E-state index contributed by atoms with van der Waals surface area (Å²) in [6, 6.07) is 0. The lowest BCUT2D eigenvalue weighted by atomic mass is 10.7. The Labute approximate surface area is 93.5 Å². The van der Waals surface area contributed by atoms with Gasteiger partial charge in [0.25, 0.3) is 0 Å². The highest BCUT2D eigenvalue weighted by Gasteiger charge is 2.01. The van der Waals surface area contributed by atoms with E-state index in [1.165, 1.54) is 0 Å². The van der Waals surface area contributed by atoms with Crippen LogP contribution in [0, 0.1) is 0 Å². The Hall–Kier alpha value is -0.420. The van der Waals surface area contributed by atoms with Crippen molar-refractivity contribution >= 4 is 37.5 Å². The smallest absolute Gasteiger partial charge is 0.170 e. The number of rotatable bonds is 0. The first-order chi connectivity index (χ1) is 6.27. The van der Waals surface area contributed by atoms with Crippen LogP contribution in [0.5, 0.6) is 0 Å². The number of hydrogen-bond acceptors (Lipinski definition) is 2. The van der Waals surface area contributed by atoms with E-state index in [-0.39, 0.29) is 0 Å². The van der Waals surface area contributed by atoms with Crippen molar-refractivity contribution in [2.45, 2.75) is 13.8 Å². The van der Waals surface area contributed by atoms with Gasteiger partial charge in [-0.15, -0.1) is 0 Å². The van der Waals surface area contributed by atoms with E-state index in [9.17, 15) is 0 Å². The molecule has 2 aromatic heterocycles. The van der Waals surface area contributed by atoms with E-state index >= 15 is 0 Å². The van der Waals surface area contributed by atoms with Gasteiger partial charge in [0.15, 0.2) is 10.3 Å². The molecule has 70 valence electrons. The molecule has 0 aliphatic heterocycles. The second-order valence-electron chi connectivity index (χ2n) is 2.01. The minimum absolute atomic E-state index is 0.747. The SMILES string of the molecule is Brc1cn2ccnc2c(Br)n1.CC. The molecule has 0 saturated heterocycles. The van der Waals surface area contributed by atoms with Crippen LogP contribution in [0.3, 0.4) is 0 Å². The van der Waals surface area contributed by atoms with Crippen molar-refractivity contribution in [3.8, 4) is 0 Å². The molecule has 0 fully saturated rings. The van der Waals surface area contributed by atoms with Gasteiger partial charge in [-0.05, 0) is 31.9 Å². The number of halogens is 2. The second kappa shape index (κ2) is 4.72. The fourth-order valence-corrected chi connectivity index (χ4v) is 2.00. The van der Waals surface area contributed by atoms with Gasteiger partial charge in [-0.2, -0.15) is 0 Å². The Morgan fingerprint density at radius 2 is 2.00 bits per heavy atom. The van der Waals surface area contributed by atoms with Crippen LogP contribution in [0.4, 0.5) is 0 Å². The lowest BCUT2D eigenvalue weighted by Gasteiger charge is -1.95. The standard InChI is InChI=1S/C6H3Br2N3.C2H6/c7-4-3-11-2-1-9-6(11)5(8)10-4;1-2/h1-3H;1-2H3. The first-order valence-electron chi connectivity index (χ1n) is 3.92. The second-order valence-corrected chi connectivity index (χ2v) is 3.58. The molecule has 0 aliphatic carbocycles. The minimum atomic E-state index is 0.747. The number of hydrogen-bond donors (Lipinski definition) is 0. The molecule has 2 heterocycles. The highest BCUT2D eigenvalue weighted by molar-refractivity contribution is 9.11. The van der Waals surface area contributed by atoms with Crippen LogP contribution >= 0.6 is 31.9 Å². The number of aromatic nitrogens is 3. The average molecular weight is 307 g/mol. The van der Waals surface area contributed by atoms with Gasteiger partial charge in [-0.1, -0.05) is 13.8 Å². The zero-order valence-corrected chi connectivity index (χ0v) is 10.5. The number of imidazole rings is 1. The van der Waals surface area contributed by atoms with Gasteiger partial charge < -0.3 is 4.40 Å². The molecule has 0 amide bonds. The lowest BCUT2D eigenvalue weighted by molar-refractivity contribution is 1.08. The molecule has 0 bridgehead atoms. The largest absolute Gasteiger partial charge is 0.302 e. The molecule has 0 N–H and O–H groups in total. The monoisotopic (exact) mass is 305 g/mol. The predicted octanol–water partition coefficient (Wildman–Crippen LogP) is 3.28. The van der Waals surface area contributed by atoms with Crippen LogP contribution in [0.15, 0.2) is 27.8 Å². The Bertz CT molecular complexity index is 397. The normalized spacial score (nSPS) is 9.54. The third kappa shape index (κ3) is 2.28. The van der Waals surface area contributed by atoms with E-state index in [2.05, 4.69) is 41.8 Å². The molecule has 0 radical (unpaired) electrons. The Morgan fingerprint density at radius 3 is 2.69 bits per heavy atom. The molecule has 5 heteroatoms. The Balaban J connectivity index is 0.000000396. The maximum atomic E-state index is 4.12. The molecule has 0 aliphatic rings. The third-order valence-electron chi connectivity index (χ3n) is 1.30. The molecule has 0 saturated carbocycles. The van der Waals surface area contributed by atoms with Crippen molar-refractivity contribution in [2.24, 2.45) is 0 Å². The zero-order chi connectivity index (χ0) is 9.84. The van der Waals surface area contributed by atoms with E-state index in [1.54, 1.807) is 6.20 Å². The molecule has 0 atom stereocenters. The summed E-state index contributed by atoms with van der Waals surface area (Å²) in [5.74, 6) is 0. The van der Waals surface area contributed by atoms with Crippen LogP contribution in [0.25, 0.3) is 5.65 Å². The van der Waals surface area contributed by atoms with Crippen molar-refractivity contribution < 1.29 is 0 Å². The summed E-state index contributed by atoms with van der Waals surface area (Å²) in [5, 5.41) is 0. The highest BCUT2D eigenvalue weighted by Crippen LogP contribution is 2.16. The van der Waals surface area contributed by atoms with Gasteiger partial charge in [0, 0.05) is 18.6 Å². The maximum absolute atomic E-state index is 4.12. The first-order valence-corrected chi connectivity index (χ1v) is 5.50. The van der Waals surface area contributed by atoms with Crippen LogP contribution in [-0.4, -0.2) is 14.4 Å². The van der Waals surface area contributed by atoms with Gasteiger partial charge >= 0.3 is 0 Å². The molecule has 13 heavy (non-hydrogen) atoms. The summed E-state index contributed by atoms with van der Waals surface area (Å²) in [5.41, 5.74) is 0.827. The fourth-order valence-electron chi connectivity index (χ4n) is 0.864. The summed E-state index contributed by atoms with van der Waals surface area (Å²) >= 11 is 6.58. The van der Waals surface area contributed by atoms with Gasteiger partial charge in [-0.3, -0.25) is 0 Å². The quantitative estimate of drug-likeness (QED) is 0.748. The molecule has 0 aromatic carbocycles. The third-order valence-corrected chi connectivity index (χ3v) is 2.22. The van der Waals surface area contributed by atoms with Crippen molar-refractivity contribution in [2.75, 3.05) is 0 Å². The molecular formula is C8H9Br2N3. The van der Waals surface area contributed by atoms with Crippen molar-refractivity contribution in [1.29, 1.82) is 0 Å². The summed E-state index contributed by atoms with van der Waals surface area (Å²) in [6.45, 7) is 4.00. The van der Waals surface area contributed by atoms with E-state index in [0.717, 1.165) is 14.9 Å². The summed E-state index contributed by atoms with van der Waals surface area (Å²) in [4.78, 5) is 8.22. The van der Waals surface area contributed by atoms with Crippen molar-refractivity contribution in [1.82, 2.24) is 14.4 Å². The number of nitrogens with zero attached hydrogens (tertiary/aromatic N) is 3. The number of fused-ring (bicyclic) bond motifs is 1. The van der Waals surface area contributed by atoms with Crippen molar-refractivity contribution in [3.63, 3.8) is 0 Å². The zero-order valence-electron chi connectivity index (χ0n) is 7.33. The Morgan fingerprint density at radius 1 is 1.31 bits per heavy atom. The van der Waals surface area contributed by atoms with Gasteiger partial charge in [0.1, 0.15) is 4.60 Å². The molecule has 3 nitrogen and oxygen atoms in total. The molecular weight excluding hydrogens is 298 g/mol. The summed E-state index contributed by atoms with van der Waals surface area (Å²) < 4.78 is 3.42. The van der Waals surface area contributed by atoms with Crippen molar-refractivity contribution in [3.05, 3.63) is 27.8 Å². The summed E-state index contributed by atoms with van der Waals surface area (Å²) in [6.07, 6.45) is 5.45. The molecule has 0 unspecified atom stereocenters. The fraction of sp³-hybridized carbons (Fsp3) is 0.250. The van der Waals surface area contributed by atoms with Gasteiger partial charge in [0.05, 0.1) is 0 Å². The predicted molar refractivity (Wildman–Crippen MR) is 59.7 cm³/mol. The van der Waals surface area contributed by atoms with Gasteiger partial charge in [-0.25, -0.2) is 9.97 Å². The van der Waals surface area contributed by atoms with Crippen LogP contribution in [0.2, 0.25) is 0 Å². The maximum Gasteiger partial charge on any atom is 0.170 e. The van der Waals surface area contributed by atoms with E-state index < -0.39 is 0 Å². The highest BCUT2D eigenvalue weighted by atomic mass is 79.9. The lowest BCUT2D eigenvalue weighted by Crippen LogP contribution is -1.88. The van der Waals surface area contributed by atoms with Gasteiger partial charge in [0.2, 0.25) is 0 Å². The van der Waals surface area contributed by atoms with Crippen LogP contribution < -0.4 is 0 Å². The summed E-state index contributed by atoms with van der Waals surface area (Å²) in [7, 11) is 0. The van der Waals surface area contributed by atoms with Crippen LogP contribution in [0.1, 0.15) is 13.8 Å². The Kier molecular flexibility index (Phi) is 3.87. The molecule has 0 spiro atoms. The van der Waals surface area contributed by atoms with E-state index in [4.69, 9.17) is 0 Å². The first kappa shape index (κ1) is 10.7.